The van der Waals surface area contributed by atoms with Gasteiger partial charge in [0.05, 0.1) is 19.8 Å². The number of hydrogen-bond acceptors (Lipinski definition) is 4. The highest BCUT2D eigenvalue weighted by Gasteiger charge is 2.37. The first kappa shape index (κ1) is 18.9. The molecule has 1 spiro atoms. The number of benzene rings is 1. The number of piperidine rings is 2. The van der Waals surface area contributed by atoms with Crippen molar-refractivity contribution in [3.05, 3.63) is 23.8 Å². The van der Waals surface area contributed by atoms with Crippen molar-refractivity contribution in [2.24, 2.45) is 5.41 Å². The van der Waals surface area contributed by atoms with E-state index in [1.165, 1.54) is 12.8 Å². The molecular weight excluding hydrogens is 328 g/mol. The van der Waals surface area contributed by atoms with Crippen molar-refractivity contribution in [2.75, 3.05) is 40.4 Å². The lowest BCUT2D eigenvalue weighted by Crippen LogP contribution is -2.47. The van der Waals surface area contributed by atoms with Gasteiger partial charge in [0.1, 0.15) is 11.5 Å². The van der Waals surface area contributed by atoms with E-state index in [-0.39, 0.29) is 18.3 Å². The Hall–Kier alpha value is -1.46. The molecular formula is C18H27ClN2O3. The van der Waals surface area contributed by atoms with E-state index in [1.54, 1.807) is 26.4 Å². The number of amides is 1. The van der Waals surface area contributed by atoms with E-state index in [4.69, 9.17) is 9.47 Å². The van der Waals surface area contributed by atoms with Gasteiger partial charge in [0.2, 0.25) is 0 Å². The van der Waals surface area contributed by atoms with Crippen molar-refractivity contribution in [1.82, 2.24) is 10.2 Å². The first-order chi connectivity index (χ1) is 11.2. The standard InChI is InChI=1S/C18H26N2O3.ClH/c1-22-14-3-4-16(23-2)15(13-14)17(21)20-11-7-18(8-12-20)5-9-19-10-6-18;/h3-4,13,19H,5-12H2,1-2H3;1H. The molecule has 2 heterocycles. The molecule has 0 radical (unpaired) electrons. The zero-order valence-electron chi connectivity index (χ0n) is 14.5. The molecule has 2 fully saturated rings. The van der Waals surface area contributed by atoms with Gasteiger partial charge in [-0.25, -0.2) is 0 Å². The Morgan fingerprint density at radius 2 is 1.75 bits per heavy atom. The molecule has 1 amide bonds. The molecule has 5 nitrogen and oxygen atoms in total. The number of rotatable bonds is 3. The number of nitrogens with one attached hydrogen (secondary N) is 1. The van der Waals surface area contributed by atoms with Crippen LogP contribution in [-0.2, 0) is 0 Å². The summed E-state index contributed by atoms with van der Waals surface area (Å²) in [6.45, 7) is 3.88. The number of nitrogens with zero attached hydrogens (tertiary/aromatic N) is 1. The first-order valence-corrected chi connectivity index (χ1v) is 8.39. The lowest BCUT2D eigenvalue weighted by atomic mass is 9.71. The molecule has 0 atom stereocenters. The molecule has 2 saturated heterocycles. The lowest BCUT2D eigenvalue weighted by Gasteiger charge is -2.44. The molecule has 3 rings (SSSR count). The van der Waals surface area contributed by atoms with Crippen molar-refractivity contribution >= 4 is 18.3 Å². The molecule has 0 saturated carbocycles. The van der Waals surface area contributed by atoms with Crippen LogP contribution in [0, 0.1) is 5.41 Å². The summed E-state index contributed by atoms with van der Waals surface area (Å²) >= 11 is 0. The van der Waals surface area contributed by atoms with Crippen LogP contribution in [0.2, 0.25) is 0 Å². The Bertz CT molecular complexity index is 563. The highest BCUT2D eigenvalue weighted by Crippen LogP contribution is 2.40. The number of likely N-dealkylation sites (tertiary alicyclic amines) is 1. The monoisotopic (exact) mass is 354 g/mol. The summed E-state index contributed by atoms with van der Waals surface area (Å²) in [5, 5.41) is 3.43. The molecule has 2 aliphatic rings. The fourth-order valence-electron chi connectivity index (χ4n) is 3.79. The fourth-order valence-corrected chi connectivity index (χ4v) is 3.79. The third-order valence-electron chi connectivity index (χ3n) is 5.41. The summed E-state index contributed by atoms with van der Waals surface area (Å²) in [4.78, 5) is 14.9. The second kappa shape index (κ2) is 8.08. The smallest absolute Gasteiger partial charge is 0.257 e. The second-order valence-electron chi connectivity index (χ2n) is 6.61. The van der Waals surface area contributed by atoms with Crippen molar-refractivity contribution in [2.45, 2.75) is 25.7 Å². The predicted octanol–water partition coefficient (Wildman–Crippen LogP) is 2.73. The lowest BCUT2D eigenvalue weighted by molar-refractivity contribution is 0.0493. The number of carbonyl (C=O) groups excluding carboxylic acids is 1. The van der Waals surface area contributed by atoms with Crippen molar-refractivity contribution < 1.29 is 14.3 Å². The normalized spacial score (nSPS) is 19.5. The van der Waals surface area contributed by atoms with Crippen molar-refractivity contribution in [1.29, 1.82) is 0 Å². The van der Waals surface area contributed by atoms with Crippen LogP contribution in [-0.4, -0.2) is 51.2 Å². The van der Waals surface area contributed by atoms with E-state index in [0.29, 0.717) is 22.5 Å². The molecule has 134 valence electrons. The van der Waals surface area contributed by atoms with Gasteiger partial charge in [0.25, 0.3) is 5.91 Å². The average molecular weight is 355 g/mol. The molecule has 0 unspecified atom stereocenters. The largest absolute Gasteiger partial charge is 0.497 e. The Labute approximate surface area is 150 Å². The zero-order chi connectivity index (χ0) is 16.3. The maximum Gasteiger partial charge on any atom is 0.257 e. The zero-order valence-corrected chi connectivity index (χ0v) is 15.3. The molecule has 6 heteroatoms. The molecule has 1 aromatic carbocycles. The summed E-state index contributed by atoms with van der Waals surface area (Å²) in [6.07, 6.45) is 4.68. The van der Waals surface area contributed by atoms with Crippen LogP contribution < -0.4 is 14.8 Å². The van der Waals surface area contributed by atoms with E-state index >= 15 is 0 Å². The van der Waals surface area contributed by atoms with Crippen molar-refractivity contribution in [3.63, 3.8) is 0 Å². The van der Waals surface area contributed by atoms with Crippen LogP contribution in [0.1, 0.15) is 36.0 Å². The Balaban J connectivity index is 0.00000208. The topological polar surface area (TPSA) is 50.8 Å². The number of hydrogen-bond donors (Lipinski definition) is 1. The quantitative estimate of drug-likeness (QED) is 0.906. The minimum absolute atomic E-state index is 0. The Kier molecular flexibility index (Phi) is 6.35. The maximum atomic E-state index is 12.9. The van der Waals surface area contributed by atoms with Crippen LogP contribution in [0.3, 0.4) is 0 Å². The number of halogens is 1. The SMILES string of the molecule is COc1ccc(OC)c(C(=O)N2CCC3(CCNCC3)CC2)c1.Cl. The first-order valence-electron chi connectivity index (χ1n) is 8.39. The van der Waals surface area contributed by atoms with Gasteiger partial charge in [0.15, 0.2) is 0 Å². The maximum absolute atomic E-state index is 12.9. The van der Waals surface area contributed by atoms with E-state index in [2.05, 4.69) is 5.32 Å². The summed E-state index contributed by atoms with van der Waals surface area (Å²) in [5.41, 5.74) is 1.04. The third kappa shape index (κ3) is 3.78. The van der Waals surface area contributed by atoms with Gasteiger partial charge >= 0.3 is 0 Å². The van der Waals surface area contributed by atoms with E-state index in [1.807, 2.05) is 11.0 Å². The Morgan fingerprint density at radius 3 is 2.33 bits per heavy atom. The van der Waals surface area contributed by atoms with E-state index in [0.717, 1.165) is 39.0 Å². The fraction of sp³-hybridized carbons (Fsp3) is 0.611. The minimum atomic E-state index is 0. The van der Waals surface area contributed by atoms with Gasteiger partial charge in [-0.2, -0.15) is 0 Å². The van der Waals surface area contributed by atoms with Gasteiger partial charge in [-0.3, -0.25) is 4.79 Å². The average Bonchev–Trinajstić information content (AvgIpc) is 2.62. The molecule has 0 aromatic heterocycles. The van der Waals surface area contributed by atoms with Gasteiger partial charge in [0, 0.05) is 13.1 Å². The van der Waals surface area contributed by atoms with Crippen LogP contribution >= 0.6 is 12.4 Å². The molecule has 1 aromatic rings. The minimum Gasteiger partial charge on any atom is -0.497 e. The number of ether oxygens (including phenoxy) is 2. The summed E-state index contributed by atoms with van der Waals surface area (Å²) in [7, 11) is 3.21. The van der Waals surface area contributed by atoms with Crippen molar-refractivity contribution in [3.8, 4) is 11.5 Å². The van der Waals surface area contributed by atoms with Crippen LogP contribution in [0.5, 0.6) is 11.5 Å². The highest BCUT2D eigenvalue weighted by molar-refractivity contribution is 5.97. The van der Waals surface area contributed by atoms with Crippen LogP contribution in [0.25, 0.3) is 0 Å². The van der Waals surface area contributed by atoms with E-state index in [9.17, 15) is 4.79 Å². The molecule has 0 aliphatic carbocycles. The van der Waals surface area contributed by atoms with Gasteiger partial charge in [-0.15, -0.1) is 12.4 Å². The summed E-state index contributed by atoms with van der Waals surface area (Å²) < 4.78 is 10.6. The van der Waals surface area contributed by atoms with Gasteiger partial charge in [-0.1, -0.05) is 0 Å². The molecule has 0 bridgehead atoms. The predicted molar refractivity (Wildman–Crippen MR) is 96.5 cm³/mol. The Morgan fingerprint density at radius 1 is 1.08 bits per heavy atom. The van der Waals surface area contributed by atoms with E-state index < -0.39 is 0 Å². The second-order valence-corrected chi connectivity index (χ2v) is 6.61. The summed E-state index contributed by atoms with van der Waals surface area (Å²) in [5.74, 6) is 1.34. The number of carbonyl (C=O) groups is 1. The van der Waals surface area contributed by atoms with Gasteiger partial charge < -0.3 is 19.7 Å². The summed E-state index contributed by atoms with van der Waals surface area (Å²) in [6, 6.07) is 5.39. The van der Waals surface area contributed by atoms with Gasteiger partial charge in [-0.05, 0) is 62.4 Å². The highest BCUT2D eigenvalue weighted by atomic mass is 35.5. The molecule has 1 N–H and O–H groups in total. The van der Waals surface area contributed by atoms with Crippen LogP contribution in [0.4, 0.5) is 0 Å². The van der Waals surface area contributed by atoms with Crippen LogP contribution in [0.15, 0.2) is 18.2 Å². The molecule has 2 aliphatic heterocycles. The number of methoxy groups -OCH3 is 2. The molecule has 24 heavy (non-hydrogen) atoms. The third-order valence-corrected chi connectivity index (χ3v) is 5.41.